The highest BCUT2D eigenvalue weighted by Gasteiger charge is 2.57. The summed E-state index contributed by atoms with van der Waals surface area (Å²) in [6.07, 6.45) is 41.9. The van der Waals surface area contributed by atoms with Crippen LogP contribution in [-0.4, -0.2) is 25.0 Å². The van der Waals surface area contributed by atoms with Crippen LogP contribution in [0.25, 0.3) is 0 Å². The average molecular weight is 822 g/mol. The molecule has 14 unspecified atom stereocenters. The second-order valence-electron chi connectivity index (χ2n) is 25.7. The Kier molecular flexibility index (Phi) is 14.7. The molecule has 0 amide bonds. The molecule has 1 heteroatoms. The van der Waals surface area contributed by atoms with Crippen LogP contribution in [0, 0.1) is 105 Å². The van der Waals surface area contributed by atoms with E-state index in [1.807, 2.05) is 11.1 Å². The number of rotatable bonds is 15. The highest BCUT2D eigenvalue weighted by atomic mass is 15.1. The van der Waals surface area contributed by atoms with Crippen LogP contribution in [0.5, 0.6) is 0 Å². The Balaban J connectivity index is 0.843. The maximum absolute atomic E-state index is 2.73. The van der Waals surface area contributed by atoms with Crippen LogP contribution >= 0.6 is 0 Å². The van der Waals surface area contributed by atoms with E-state index in [9.17, 15) is 0 Å². The Hall–Kier alpha value is -1.08. The van der Waals surface area contributed by atoms with Gasteiger partial charge in [-0.15, -0.1) is 0 Å². The summed E-state index contributed by atoms with van der Waals surface area (Å²) in [6, 6.07) is 0. The van der Waals surface area contributed by atoms with Gasteiger partial charge in [0.25, 0.3) is 0 Å². The summed E-state index contributed by atoms with van der Waals surface area (Å²) in [5, 5.41) is 0. The fourth-order valence-electron chi connectivity index (χ4n) is 16.2. The SMILES string of the molecule is CC(C)C(C)/C=C/C(C)C1CCC2CC(C3(C)CCC(CCN(C)CCC4CCC5(C)C(=CC=C6C5CCC5(C)C6CCC5C(C)/C=C/C(C)C(C)C)C4)CC3)CCC21C. The van der Waals surface area contributed by atoms with Gasteiger partial charge in [0, 0.05) is 0 Å². The fraction of sp³-hybridized carbons (Fsp3) is 0.864. The second-order valence-corrected chi connectivity index (χ2v) is 25.7. The lowest BCUT2D eigenvalue weighted by Crippen LogP contribution is -2.46. The van der Waals surface area contributed by atoms with Gasteiger partial charge in [-0.1, -0.05) is 131 Å². The predicted octanol–water partition coefficient (Wildman–Crippen LogP) is 16.8. The van der Waals surface area contributed by atoms with Gasteiger partial charge in [-0.25, -0.2) is 0 Å². The van der Waals surface area contributed by atoms with Crippen molar-refractivity contribution in [2.45, 2.75) is 199 Å². The Morgan fingerprint density at radius 2 is 1.13 bits per heavy atom. The van der Waals surface area contributed by atoms with Crippen LogP contribution in [0.4, 0.5) is 0 Å². The normalized spacial score (nSPS) is 42.8. The molecule has 340 valence electrons. The molecule has 6 saturated carbocycles. The van der Waals surface area contributed by atoms with Gasteiger partial charge in [-0.3, -0.25) is 0 Å². The Bertz CT molecular complexity index is 1550. The molecule has 0 spiro atoms. The van der Waals surface area contributed by atoms with E-state index in [0.29, 0.717) is 39.4 Å². The number of hydrogen-bond donors (Lipinski definition) is 0. The van der Waals surface area contributed by atoms with Crippen LogP contribution < -0.4 is 0 Å². The lowest BCUT2D eigenvalue weighted by molar-refractivity contribution is -0.0122. The molecule has 0 heterocycles. The number of allylic oxidation sites excluding steroid dienone is 8. The average Bonchev–Trinajstić information content (AvgIpc) is 3.76. The molecule has 0 radical (unpaired) electrons. The minimum absolute atomic E-state index is 0.415. The summed E-state index contributed by atoms with van der Waals surface area (Å²) in [5.41, 5.74) is 5.77. The molecule has 14 atom stereocenters. The van der Waals surface area contributed by atoms with E-state index in [1.54, 1.807) is 0 Å². The van der Waals surface area contributed by atoms with Gasteiger partial charge in [0.1, 0.15) is 0 Å². The maximum atomic E-state index is 2.73. The molecule has 0 saturated heterocycles. The zero-order chi connectivity index (χ0) is 43.2. The molecule has 1 nitrogen and oxygen atoms in total. The third-order valence-corrected chi connectivity index (χ3v) is 21.8. The quantitative estimate of drug-likeness (QED) is 0.149. The summed E-state index contributed by atoms with van der Waals surface area (Å²) in [6.45, 7) is 32.8. The number of hydrogen-bond acceptors (Lipinski definition) is 1. The minimum atomic E-state index is 0.415. The maximum Gasteiger partial charge on any atom is -0.00190 e. The lowest BCUT2D eigenvalue weighted by Gasteiger charge is -2.55. The molecule has 0 aliphatic heterocycles. The molecule has 7 aliphatic rings. The van der Waals surface area contributed by atoms with E-state index < -0.39 is 0 Å². The molecule has 0 aromatic heterocycles. The van der Waals surface area contributed by atoms with Crippen molar-refractivity contribution in [3.8, 4) is 0 Å². The largest absolute Gasteiger partial charge is 0.306 e. The third-order valence-electron chi connectivity index (χ3n) is 21.8. The molecule has 7 rings (SSSR count). The molecular weight excluding hydrogens is 723 g/mol. The lowest BCUT2D eigenvalue weighted by atomic mass is 9.49. The van der Waals surface area contributed by atoms with Crippen molar-refractivity contribution in [1.82, 2.24) is 4.90 Å². The van der Waals surface area contributed by atoms with E-state index >= 15 is 0 Å². The van der Waals surface area contributed by atoms with E-state index in [4.69, 9.17) is 0 Å². The van der Waals surface area contributed by atoms with Crippen molar-refractivity contribution in [3.63, 3.8) is 0 Å². The summed E-state index contributed by atoms with van der Waals surface area (Å²) < 4.78 is 0. The van der Waals surface area contributed by atoms with Crippen LogP contribution in [0.3, 0.4) is 0 Å². The van der Waals surface area contributed by atoms with Crippen molar-refractivity contribution in [3.05, 3.63) is 47.6 Å². The van der Waals surface area contributed by atoms with E-state index in [1.165, 1.54) is 129 Å². The molecule has 6 fully saturated rings. The Morgan fingerprint density at radius 3 is 1.77 bits per heavy atom. The molecule has 7 aliphatic carbocycles. The molecule has 0 aromatic carbocycles. The van der Waals surface area contributed by atoms with Crippen molar-refractivity contribution >= 4 is 0 Å². The van der Waals surface area contributed by atoms with E-state index in [0.717, 1.165) is 65.1 Å². The predicted molar refractivity (Wildman–Crippen MR) is 262 cm³/mol. The smallest absolute Gasteiger partial charge is 0.00190 e. The first-order valence-corrected chi connectivity index (χ1v) is 26.8. The molecule has 0 N–H and O–H groups in total. The van der Waals surface area contributed by atoms with Gasteiger partial charge in [0.15, 0.2) is 0 Å². The highest BCUT2D eigenvalue weighted by molar-refractivity contribution is 5.39. The van der Waals surface area contributed by atoms with Crippen LogP contribution in [0.2, 0.25) is 0 Å². The van der Waals surface area contributed by atoms with Gasteiger partial charge in [0.05, 0.1) is 0 Å². The summed E-state index contributed by atoms with van der Waals surface area (Å²) in [4.78, 5) is 2.73. The molecule has 60 heavy (non-hydrogen) atoms. The van der Waals surface area contributed by atoms with Crippen molar-refractivity contribution < 1.29 is 0 Å². The van der Waals surface area contributed by atoms with Gasteiger partial charge in [-0.2, -0.15) is 0 Å². The monoisotopic (exact) mass is 822 g/mol. The first-order chi connectivity index (χ1) is 28.4. The number of fused-ring (bicyclic) bond motifs is 6. The van der Waals surface area contributed by atoms with Gasteiger partial charge < -0.3 is 4.90 Å². The highest BCUT2D eigenvalue weighted by Crippen LogP contribution is 2.67. The van der Waals surface area contributed by atoms with Crippen LogP contribution in [0.1, 0.15) is 199 Å². The fourth-order valence-corrected chi connectivity index (χ4v) is 16.2. The second kappa shape index (κ2) is 18.8. The van der Waals surface area contributed by atoms with Crippen molar-refractivity contribution in [2.24, 2.45) is 105 Å². The minimum Gasteiger partial charge on any atom is -0.306 e. The zero-order valence-corrected chi connectivity index (χ0v) is 42.1. The summed E-state index contributed by atoms with van der Waals surface area (Å²) in [7, 11) is 2.44. The van der Waals surface area contributed by atoms with Crippen molar-refractivity contribution in [2.75, 3.05) is 20.1 Å². The molecular formula is C59H99N. The third kappa shape index (κ3) is 9.36. The van der Waals surface area contributed by atoms with Gasteiger partial charge in [0.2, 0.25) is 0 Å². The van der Waals surface area contributed by atoms with Gasteiger partial charge >= 0.3 is 0 Å². The van der Waals surface area contributed by atoms with Crippen molar-refractivity contribution in [1.29, 1.82) is 0 Å². The van der Waals surface area contributed by atoms with E-state index in [2.05, 4.69) is 131 Å². The first kappa shape index (κ1) is 46.9. The Labute approximate surface area is 374 Å². The molecule has 0 aromatic rings. The topological polar surface area (TPSA) is 3.24 Å². The van der Waals surface area contributed by atoms with Crippen LogP contribution in [-0.2, 0) is 0 Å². The summed E-state index contributed by atoms with van der Waals surface area (Å²) in [5.74, 6) is 11.4. The first-order valence-electron chi connectivity index (χ1n) is 26.8. The zero-order valence-electron chi connectivity index (χ0n) is 42.1. The Morgan fingerprint density at radius 1 is 0.567 bits per heavy atom. The number of nitrogens with zero attached hydrogens (tertiary/aromatic N) is 1. The summed E-state index contributed by atoms with van der Waals surface area (Å²) >= 11 is 0. The van der Waals surface area contributed by atoms with Crippen LogP contribution in [0.15, 0.2) is 47.6 Å². The standard InChI is InChI=1S/C59H99N/c1-40(2)42(5)14-16-44(7)52-21-19-50-39-48(27-34-57(50,52)10)56(9)31-24-46(25-32-56)29-36-60(13)37-30-47-26-33-58(11)49(38-47)18-20-51-54-23-22-53(59(54,12)35-28-55(51)58)45(8)17-15-43(6)41(3)4/h14-18,20,40-48,50,52-55H,19,21-39H2,1-13H3/b16-14+,17-15+. The molecule has 0 bridgehead atoms. The van der Waals surface area contributed by atoms with Gasteiger partial charge in [-0.05, 0) is 240 Å². The van der Waals surface area contributed by atoms with E-state index in [-0.39, 0.29) is 0 Å².